The molecule has 1 aliphatic rings. The highest BCUT2D eigenvalue weighted by atomic mass is 35.5. The number of rotatable bonds is 6. The molecule has 1 N–H and O–H groups in total. The SMILES string of the molecule is C=CCOC(=O)N1C[C@H](O[Si](C)(C)C(C)(C)C)C[C@H]1C(Cl)=CCO. The van der Waals surface area contributed by atoms with Gasteiger partial charge in [0.2, 0.25) is 0 Å². The summed E-state index contributed by atoms with van der Waals surface area (Å²) < 4.78 is 11.6. The summed E-state index contributed by atoms with van der Waals surface area (Å²) in [4.78, 5) is 13.9. The van der Waals surface area contributed by atoms with Gasteiger partial charge in [0.05, 0.1) is 18.8 Å². The highest BCUT2D eigenvalue weighted by molar-refractivity contribution is 6.74. The number of ether oxygens (including phenoxy) is 1. The molecule has 1 aliphatic heterocycles. The zero-order valence-corrected chi connectivity index (χ0v) is 17.1. The Bertz CT molecular complexity index is 487. The van der Waals surface area contributed by atoms with Gasteiger partial charge in [-0.25, -0.2) is 4.79 Å². The van der Waals surface area contributed by atoms with Crippen LogP contribution in [0.25, 0.3) is 0 Å². The summed E-state index contributed by atoms with van der Waals surface area (Å²) >= 11 is 6.27. The lowest BCUT2D eigenvalue weighted by Gasteiger charge is -2.38. The van der Waals surface area contributed by atoms with Crippen molar-refractivity contribution in [3.05, 3.63) is 23.8 Å². The van der Waals surface area contributed by atoms with Gasteiger partial charge in [0.1, 0.15) is 6.61 Å². The quantitative estimate of drug-likeness (QED) is 0.565. The fourth-order valence-corrected chi connectivity index (χ4v) is 4.01. The lowest BCUT2D eigenvalue weighted by atomic mass is 10.2. The van der Waals surface area contributed by atoms with Crippen LogP contribution in [0.1, 0.15) is 27.2 Å². The van der Waals surface area contributed by atoms with Crippen LogP contribution in [-0.4, -0.2) is 56.3 Å². The normalized spacial score (nSPS) is 22.6. The molecule has 0 radical (unpaired) electrons. The zero-order chi connectivity index (χ0) is 18.5. The van der Waals surface area contributed by atoms with E-state index in [4.69, 9.17) is 25.9 Å². The second-order valence-electron chi connectivity index (χ2n) is 7.54. The molecule has 1 saturated heterocycles. The number of likely N-dealkylation sites (tertiary alicyclic amines) is 1. The highest BCUT2D eigenvalue weighted by Gasteiger charge is 2.44. The zero-order valence-electron chi connectivity index (χ0n) is 15.3. The molecule has 0 aromatic carbocycles. The smallest absolute Gasteiger partial charge is 0.410 e. The molecule has 5 nitrogen and oxygen atoms in total. The average molecular weight is 376 g/mol. The van der Waals surface area contributed by atoms with Gasteiger partial charge in [-0.3, -0.25) is 4.90 Å². The Balaban J connectivity index is 2.92. The summed E-state index contributed by atoms with van der Waals surface area (Å²) in [5.41, 5.74) is 0. The van der Waals surface area contributed by atoms with Gasteiger partial charge in [0, 0.05) is 11.6 Å². The summed E-state index contributed by atoms with van der Waals surface area (Å²) in [6, 6.07) is -0.328. The maximum atomic E-state index is 12.3. The molecule has 24 heavy (non-hydrogen) atoms. The average Bonchev–Trinajstić information content (AvgIpc) is 2.87. The van der Waals surface area contributed by atoms with Crippen molar-refractivity contribution < 1.29 is 19.1 Å². The van der Waals surface area contributed by atoms with E-state index in [0.717, 1.165) is 0 Å². The predicted molar refractivity (Wildman–Crippen MR) is 99.7 cm³/mol. The molecule has 2 atom stereocenters. The number of halogens is 1. The van der Waals surface area contributed by atoms with Crippen molar-refractivity contribution in [1.82, 2.24) is 4.90 Å². The van der Waals surface area contributed by atoms with E-state index in [2.05, 4.69) is 40.4 Å². The minimum Gasteiger partial charge on any atom is -0.445 e. The Morgan fingerprint density at radius 2 is 2.08 bits per heavy atom. The summed E-state index contributed by atoms with van der Waals surface area (Å²) in [5, 5.41) is 9.62. The van der Waals surface area contributed by atoms with E-state index in [1.807, 2.05) is 0 Å². The first kappa shape index (κ1) is 21.2. The van der Waals surface area contributed by atoms with Crippen LogP contribution in [0.3, 0.4) is 0 Å². The topological polar surface area (TPSA) is 59.0 Å². The van der Waals surface area contributed by atoms with E-state index in [9.17, 15) is 4.79 Å². The molecule has 0 aliphatic carbocycles. The first-order valence-corrected chi connectivity index (χ1v) is 11.5. The van der Waals surface area contributed by atoms with Crippen LogP contribution in [-0.2, 0) is 9.16 Å². The largest absolute Gasteiger partial charge is 0.445 e. The summed E-state index contributed by atoms with van der Waals surface area (Å²) in [6.45, 7) is 14.9. The highest BCUT2D eigenvalue weighted by Crippen LogP contribution is 2.39. The van der Waals surface area contributed by atoms with Gasteiger partial charge in [-0.1, -0.05) is 45.0 Å². The minimum absolute atomic E-state index is 0.0873. The lowest BCUT2D eigenvalue weighted by Crippen LogP contribution is -2.44. The molecule has 1 rings (SSSR count). The monoisotopic (exact) mass is 375 g/mol. The van der Waals surface area contributed by atoms with Crippen molar-refractivity contribution in [1.29, 1.82) is 0 Å². The molecule has 0 spiro atoms. The van der Waals surface area contributed by atoms with E-state index >= 15 is 0 Å². The van der Waals surface area contributed by atoms with Crippen molar-refractivity contribution in [2.75, 3.05) is 19.8 Å². The Labute approximate surface area is 151 Å². The fourth-order valence-electron chi connectivity index (χ4n) is 2.38. The van der Waals surface area contributed by atoms with Gasteiger partial charge in [-0.05, 0) is 30.6 Å². The Morgan fingerprint density at radius 3 is 2.58 bits per heavy atom. The number of carbonyl (C=O) groups is 1. The number of amides is 1. The first-order valence-electron chi connectivity index (χ1n) is 8.22. The third-order valence-corrected chi connectivity index (χ3v) is 9.64. The standard InChI is InChI=1S/C17H30ClNO4Si/c1-7-10-22-16(21)19-12-13(11-15(19)14(18)8-9-20)23-24(5,6)17(2,3)4/h7-8,13,15,20H,1,9-12H2,2-6H3/t13-,15+/m1/s1. The maximum Gasteiger partial charge on any atom is 0.410 e. The van der Waals surface area contributed by atoms with Gasteiger partial charge in [-0.2, -0.15) is 0 Å². The Kier molecular flexibility index (Phi) is 7.53. The Hall–Kier alpha value is -0.823. The summed E-state index contributed by atoms with van der Waals surface area (Å²) in [7, 11) is -1.95. The maximum absolute atomic E-state index is 12.3. The van der Waals surface area contributed by atoms with Crippen molar-refractivity contribution in [2.45, 2.75) is 57.5 Å². The lowest BCUT2D eigenvalue weighted by molar-refractivity contribution is 0.107. The number of carbonyl (C=O) groups excluding carboxylic acids is 1. The molecule has 0 unspecified atom stereocenters. The van der Waals surface area contributed by atoms with Crippen LogP contribution in [0.4, 0.5) is 4.79 Å². The van der Waals surface area contributed by atoms with Crippen LogP contribution in [0.5, 0.6) is 0 Å². The van der Waals surface area contributed by atoms with E-state index in [1.54, 1.807) is 4.90 Å². The van der Waals surface area contributed by atoms with Gasteiger partial charge in [-0.15, -0.1) is 0 Å². The van der Waals surface area contributed by atoms with Crippen molar-refractivity contribution in [3.8, 4) is 0 Å². The summed E-state index contributed by atoms with van der Waals surface area (Å²) in [6.07, 6.45) is 3.11. The number of aliphatic hydroxyl groups is 1. The minimum atomic E-state index is -1.95. The van der Waals surface area contributed by atoms with Gasteiger partial charge < -0.3 is 14.3 Å². The Morgan fingerprint density at radius 1 is 1.46 bits per heavy atom. The molecule has 1 heterocycles. The molecule has 7 heteroatoms. The first-order chi connectivity index (χ1) is 11.0. The van der Waals surface area contributed by atoms with Crippen molar-refractivity contribution in [3.63, 3.8) is 0 Å². The van der Waals surface area contributed by atoms with Gasteiger partial charge in [0.15, 0.2) is 8.32 Å². The molecule has 0 bridgehead atoms. The molecule has 1 amide bonds. The molecular formula is C17H30ClNO4Si. The van der Waals surface area contributed by atoms with Crippen molar-refractivity contribution >= 4 is 26.0 Å². The van der Waals surface area contributed by atoms with Crippen LogP contribution in [0, 0.1) is 0 Å². The predicted octanol–water partition coefficient (Wildman–Crippen LogP) is 3.89. The molecule has 0 aromatic rings. The third-order valence-electron chi connectivity index (χ3n) is 4.69. The number of nitrogens with zero attached hydrogens (tertiary/aromatic N) is 1. The van der Waals surface area contributed by atoms with E-state index in [0.29, 0.717) is 18.0 Å². The second-order valence-corrected chi connectivity index (χ2v) is 12.7. The molecule has 0 saturated carbocycles. The third kappa shape index (κ3) is 5.34. The number of aliphatic hydroxyl groups excluding tert-OH is 1. The number of hydrogen-bond acceptors (Lipinski definition) is 4. The molecule has 0 aromatic heterocycles. The van der Waals surface area contributed by atoms with Gasteiger partial charge >= 0.3 is 6.09 Å². The van der Waals surface area contributed by atoms with E-state index in [-0.39, 0.29) is 30.4 Å². The molecular weight excluding hydrogens is 346 g/mol. The van der Waals surface area contributed by atoms with Crippen LogP contribution >= 0.6 is 11.6 Å². The molecule has 1 fully saturated rings. The van der Waals surface area contributed by atoms with Crippen LogP contribution < -0.4 is 0 Å². The van der Waals surface area contributed by atoms with E-state index in [1.165, 1.54) is 12.2 Å². The van der Waals surface area contributed by atoms with Crippen LogP contribution in [0.2, 0.25) is 18.1 Å². The second kappa shape index (κ2) is 8.51. The fraction of sp³-hybridized carbons (Fsp3) is 0.706. The molecule has 138 valence electrons. The van der Waals surface area contributed by atoms with E-state index < -0.39 is 14.4 Å². The van der Waals surface area contributed by atoms with Crippen molar-refractivity contribution in [2.24, 2.45) is 0 Å². The number of hydrogen-bond donors (Lipinski definition) is 1. The van der Waals surface area contributed by atoms with Crippen LogP contribution in [0.15, 0.2) is 23.8 Å². The summed E-state index contributed by atoms with van der Waals surface area (Å²) in [5.74, 6) is 0. The van der Waals surface area contributed by atoms with Gasteiger partial charge in [0.25, 0.3) is 0 Å².